The summed E-state index contributed by atoms with van der Waals surface area (Å²) >= 11 is 0. The Labute approximate surface area is 187 Å². The average Bonchev–Trinajstić information content (AvgIpc) is 2.82. The summed E-state index contributed by atoms with van der Waals surface area (Å²) in [5.74, 6) is -0.669. The molecule has 0 spiro atoms. The molecule has 0 radical (unpaired) electrons. The van der Waals surface area contributed by atoms with Gasteiger partial charge in [0.15, 0.2) is 6.61 Å². The molecule has 1 aliphatic rings. The molecule has 1 aromatic carbocycles. The van der Waals surface area contributed by atoms with E-state index in [0.717, 1.165) is 5.56 Å². The van der Waals surface area contributed by atoms with Crippen molar-refractivity contribution in [2.75, 3.05) is 37.7 Å². The number of rotatable bonds is 8. The van der Waals surface area contributed by atoms with Crippen molar-refractivity contribution in [3.8, 4) is 0 Å². The van der Waals surface area contributed by atoms with Crippen molar-refractivity contribution in [3.63, 3.8) is 0 Å². The van der Waals surface area contributed by atoms with Gasteiger partial charge in [0.05, 0.1) is 6.42 Å². The van der Waals surface area contributed by atoms with Gasteiger partial charge in [0.1, 0.15) is 6.04 Å². The van der Waals surface area contributed by atoms with E-state index < -0.39 is 12.0 Å². The van der Waals surface area contributed by atoms with Gasteiger partial charge in [-0.3, -0.25) is 9.59 Å². The van der Waals surface area contributed by atoms with Crippen LogP contribution in [-0.4, -0.2) is 71.5 Å². The third-order valence-electron chi connectivity index (χ3n) is 5.25. The summed E-state index contributed by atoms with van der Waals surface area (Å²) in [6, 6.07) is 10.2. The Morgan fingerprint density at radius 2 is 1.66 bits per heavy atom. The van der Waals surface area contributed by atoms with Gasteiger partial charge in [-0.1, -0.05) is 44.2 Å². The van der Waals surface area contributed by atoms with Crippen LogP contribution in [0.25, 0.3) is 0 Å². The first-order valence-electron chi connectivity index (χ1n) is 10.7. The molecule has 1 aromatic heterocycles. The van der Waals surface area contributed by atoms with Crippen LogP contribution >= 0.6 is 0 Å². The van der Waals surface area contributed by atoms with Gasteiger partial charge in [-0.25, -0.2) is 14.8 Å². The average molecular weight is 440 g/mol. The van der Waals surface area contributed by atoms with E-state index in [2.05, 4.69) is 15.3 Å². The van der Waals surface area contributed by atoms with Crippen molar-refractivity contribution in [1.29, 1.82) is 0 Å². The number of amides is 2. The third-order valence-corrected chi connectivity index (χ3v) is 5.25. The van der Waals surface area contributed by atoms with Gasteiger partial charge in [0, 0.05) is 38.6 Å². The minimum Gasteiger partial charge on any atom is -0.454 e. The normalized spacial score (nSPS) is 14.7. The molecule has 9 nitrogen and oxygen atoms in total. The van der Waals surface area contributed by atoms with E-state index in [0.29, 0.717) is 32.1 Å². The molecule has 1 atom stereocenters. The summed E-state index contributed by atoms with van der Waals surface area (Å²) in [7, 11) is 0. The molecule has 2 heterocycles. The second-order valence-electron chi connectivity index (χ2n) is 7.98. The van der Waals surface area contributed by atoms with Gasteiger partial charge >= 0.3 is 5.97 Å². The van der Waals surface area contributed by atoms with Crippen LogP contribution in [0, 0.1) is 5.92 Å². The maximum Gasteiger partial charge on any atom is 0.329 e. The van der Waals surface area contributed by atoms with E-state index in [4.69, 9.17) is 4.74 Å². The Balaban J connectivity index is 1.45. The van der Waals surface area contributed by atoms with Gasteiger partial charge in [-0.15, -0.1) is 0 Å². The standard InChI is InChI=1S/C23H29N5O4/c1-17(2)21(26-19(29)15-18-7-4-3-5-8-18)22(31)32-16-20(30)27-11-13-28(14-12-27)23-24-9-6-10-25-23/h3-10,17,21H,11-16H2,1-2H3,(H,26,29)/t21-/m0/s1. The van der Waals surface area contributed by atoms with Crippen molar-refractivity contribution in [2.24, 2.45) is 5.92 Å². The van der Waals surface area contributed by atoms with Crippen LogP contribution in [0.1, 0.15) is 19.4 Å². The number of hydrogen-bond donors (Lipinski definition) is 1. The van der Waals surface area contributed by atoms with E-state index in [1.54, 1.807) is 23.4 Å². The number of benzene rings is 1. The number of carbonyl (C=O) groups is 3. The first kappa shape index (κ1) is 23.2. The monoisotopic (exact) mass is 439 g/mol. The summed E-state index contributed by atoms with van der Waals surface area (Å²) in [4.78, 5) is 49.5. The van der Waals surface area contributed by atoms with E-state index in [1.807, 2.05) is 49.1 Å². The molecule has 0 bridgehead atoms. The fourth-order valence-electron chi connectivity index (χ4n) is 3.43. The smallest absolute Gasteiger partial charge is 0.329 e. The zero-order valence-corrected chi connectivity index (χ0v) is 18.4. The lowest BCUT2D eigenvalue weighted by molar-refractivity contribution is -0.155. The number of anilines is 1. The number of carbonyl (C=O) groups excluding carboxylic acids is 3. The highest BCUT2D eigenvalue weighted by Gasteiger charge is 2.28. The Morgan fingerprint density at radius 1 is 1.00 bits per heavy atom. The van der Waals surface area contributed by atoms with Gasteiger partial charge in [-0.2, -0.15) is 0 Å². The van der Waals surface area contributed by atoms with E-state index in [9.17, 15) is 14.4 Å². The molecular formula is C23H29N5O4. The summed E-state index contributed by atoms with van der Waals surface area (Å²) in [6.45, 7) is 5.50. The molecule has 170 valence electrons. The minimum absolute atomic E-state index is 0.172. The van der Waals surface area contributed by atoms with Crippen LogP contribution in [0.2, 0.25) is 0 Å². The van der Waals surface area contributed by atoms with Gasteiger partial charge in [-0.05, 0) is 17.5 Å². The molecule has 3 rings (SSSR count). The maximum atomic E-state index is 12.6. The van der Waals surface area contributed by atoms with Crippen molar-refractivity contribution in [2.45, 2.75) is 26.3 Å². The molecule has 0 unspecified atom stereocenters. The molecule has 1 saturated heterocycles. The summed E-state index contributed by atoms with van der Waals surface area (Å²) in [6.07, 6.45) is 3.54. The SMILES string of the molecule is CC(C)[C@H](NC(=O)Cc1ccccc1)C(=O)OCC(=O)N1CCN(c2ncccn2)CC1. The summed E-state index contributed by atoms with van der Waals surface area (Å²) in [5, 5.41) is 2.73. The van der Waals surface area contributed by atoms with Gasteiger partial charge in [0.2, 0.25) is 11.9 Å². The Bertz CT molecular complexity index is 899. The number of nitrogens with zero attached hydrogens (tertiary/aromatic N) is 4. The van der Waals surface area contributed by atoms with Crippen LogP contribution in [0.15, 0.2) is 48.8 Å². The highest BCUT2D eigenvalue weighted by Crippen LogP contribution is 2.11. The lowest BCUT2D eigenvalue weighted by Crippen LogP contribution is -2.51. The number of aromatic nitrogens is 2. The summed E-state index contributed by atoms with van der Waals surface area (Å²) in [5.41, 5.74) is 0.857. The van der Waals surface area contributed by atoms with Crippen LogP contribution in [-0.2, 0) is 25.5 Å². The highest BCUT2D eigenvalue weighted by atomic mass is 16.5. The molecule has 2 amide bonds. The molecular weight excluding hydrogens is 410 g/mol. The summed E-state index contributed by atoms with van der Waals surface area (Å²) < 4.78 is 5.26. The van der Waals surface area contributed by atoms with Crippen LogP contribution in [0.5, 0.6) is 0 Å². The van der Waals surface area contributed by atoms with Crippen molar-refractivity contribution in [3.05, 3.63) is 54.4 Å². The zero-order chi connectivity index (χ0) is 22.9. The minimum atomic E-state index is -0.814. The van der Waals surface area contributed by atoms with Crippen molar-refractivity contribution in [1.82, 2.24) is 20.2 Å². The molecule has 0 saturated carbocycles. The van der Waals surface area contributed by atoms with E-state index >= 15 is 0 Å². The Hall–Kier alpha value is -3.49. The topological polar surface area (TPSA) is 105 Å². The number of nitrogens with one attached hydrogen (secondary N) is 1. The van der Waals surface area contributed by atoms with Crippen LogP contribution < -0.4 is 10.2 Å². The number of ether oxygens (including phenoxy) is 1. The molecule has 2 aromatic rings. The highest BCUT2D eigenvalue weighted by molar-refractivity contribution is 5.87. The first-order chi connectivity index (χ1) is 15.4. The third kappa shape index (κ3) is 6.50. The number of piperazine rings is 1. The molecule has 1 fully saturated rings. The predicted octanol–water partition coefficient (Wildman–Crippen LogP) is 1.05. The van der Waals surface area contributed by atoms with E-state index in [-0.39, 0.29) is 30.8 Å². The molecule has 1 N–H and O–H groups in total. The van der Waals surface area contributed by atoms with Gasteiger partial charge in [0.25, 0.3) is 5.91 Å². The lowest BCUT2D eigenvalue weighted by atomic mass is 10.0. The second kappa shape index (κ2) is 11.2. The lowest BCUT2D eigenvalue weighted by Gasteiger charge is -2.34. The van der Waals surface area contributed by atoms with Gasteiger partial charge < -0.3 is 19.9 Å². The first-order valence-corrected chi connectivity index (χ1v) is 10.7. The number of hydrogen-bond acceptors (Lipinski definition) is 7. The fourth-order valence-corrected chi connectivity index (χ4v) is 3.43. The largest absolute Gasteiger partial charge is 0.454 e. The number of esters is 1. The molecule has 32 heavy (non-hydrogen) atoms. The Kier molecular flexibility index (Phi) is 8.13. The quantitative estimate of drug-likeness (QED) is 0.613. The molecule has 1 aliphatic heterocycles. The van der Waals surface area contributed by atoms with E-state index in [1.165, 1.54) is 0 Å². The predicted molar refractivity (Wildman–Crippen MR) is 119 cm³/mol. The molecule has 0 aliphatic carbocycles. The Morgan fingerprint density at radius 3 is 2.28 bits per heavy atom. The van der Waals surface area contributed by atoms with Crippen molar-refractivity contribution < 1.29 is 19.1 Å². The van der Waals surface area contributed by atoms with Crippen LogP contribution in [0.3, 0.4) is 0 Å². The maximum absolute atomic E-state index is 12.6. The fraction of sp³-hybridized carbons (Fsp3) is 0.435. The van der Waals surface area contributed by atoms with Crippen molar-refractivity contribution >= 4 is 23.7 Å². The second-order valence-corrected chi connectivity index (χ2v) is 7.98. The zero-order valence-electron chi connectivity index (χ0n) is 18.4. The molecule has 9 heteroatoms. The van der Waals surface area contributed by atoms with Crippen LogP contribution in [0.4, 0.5) is 5.95 Å².